The molecule has 0 aromatic rings. The van der Waals surface area contributed by atoms with E-state index in [0.29, 0.717) is 13.2 Å². The van der Waals surface area contributed by atoms with E-state index in [9.17, 15) is 24.0 Å². The normalized spacial score (nSPS) is 12.5. The Bertz CT molecular complexity index is 553. The Balaban J connectivity index is 4.50. The zero-order valence-electron chi connectivity index (χ0n) is 16.2. The maximum atomic E-state index is 12.0. The molecule has 5 N–H and O–H groups in total. The molecule has 0 aromatic carbocycles. The Morgan fingerprint density at radius 1 is 0.821 bits per heavy atom. The van der Waals surface area contributed by atoms with E-state index >= 15 is 0 Å². The maximum absolute atomic E-state index is 12.0. The van der Waals surface area contributed by atoms with Crippen LogP contribution in [0.4, 0.5) is 0 Å². The van der Waals surface area contributed by atoms with Gasteiger partial charge in [-0.15, -0.1) is 0 Å². The Hall–Kier alpha value is -2.69. The van der Waals surface area contributed by atoms with Crippen LogP contribution in [-0.2, 0) is 28.7 Å². The van der Waals surface area contributed by atoms with Gasteiger partial charge in [-0.3, -0.25) is 14.4 Å². The summed E-state index contributed by atoms with van der Waals surface area (Å²) in [7, 11) is 0. The molecule has 0 saturated heterocycles. The lowest BCUT2D eigenvalue weighted by Crippen LogP contribution is -2.45. The van der Waals surface area contributed by atoms with Crippen LogP contribution in [0.2, 0.25) is 0 Å². The molecule has 3 amide bonds. The highest BCUT2D eigenvalue weighted by Crippen LogP contribution is 2.03. The summed E-state index contributed by atoms with van der Waals surface area (Å²) in [5.74, 6) is -4.25. The highest BCUT2D eigenvalue weighted by molar-refractivity contribution is 5.86. The number of carbonyl (C=O) groups excluding carboxylic acids is 3. The maximum Gasteiger partial charge on any atom is 0.326 e. The fraction of sp³-hybridized carbons (Fsp3) is 0.706. The summed E-state index contributed by atoms with van der Waals surface area (Å²) < 4.78 is 4.87. The van der Waals surface area contributed by atoms with Gasteiger partial charge < -0.3 is 30.9 Å². The number of amides is 3. The molecule has 160 valence electrons. The van der Waals surface area contributed by atoms with Crippen molar-refractivity contribution in [2.75, 3.05) is 19.8 Å². The molecule has 0 rings (SSSR count). The predicted octanol–water partition coefficient (Wildman–Crippen LogP) is -0.752. The van der Waals surface area contributed by atoms with Crippen LogP contribution in [0.3, 0.4) is 0 Å². The van der Waals surface area contributed by atoms with E-state index in [1.807, 2.05) is 6.92 Å². The lowest BCUT2D eigenvalue weighted by Gasteiger charge is -2.17. The number of carboxylic acid groups (broad SMARTS) is 2. The summed E-state index contributed by atoms with van der Waals surface area (Å²) in [5.41, 5.74) is 0. The van der Waals surface area contributed by atoms with Gasteiger partial charge in [-0.25, -0.2) is 9.59 Å². The first-order valence-electron chi connectivity index (χ1n) is 9.09. The van der Waals surface area contributed by atoms with Gasteiger partial charge in [0.2, 0.25) is 17.7 Å². The van der Waals surface area contributed by atoms with Crippen molar-refractivity contribution >= 4 is 29.7 Å². The molecule has 0 aromatic heterocycles. The molecule has 11 nitrogen and oxygen atoms in total. The van der Waals surface area contributed by atoms with Gasteiger partial charge in [-0.2, -0.15) is 0 Å². The fourth-order valence-electron chi connectivity index (χ4n) is 2.12. The van der Waals surface area contributed by atoms with E-state index in [2.05, 4.69) is 16.0 Å². The number of hydrogen-bond donors (Lipinski definition) is 5. The molecular formula is C17H29N3O8. The van der Waals surface area contributed by atoms with Crippen molar-refractivity contribution in [2.24, 2.45) is 0 Å². The summed E-state index contributed by atoms with van der Waals surface area (Å²) in [6.07, 6.45) is 0.0588. The van der Waals surface area contributed by atoms with Crippen molar-refractivity contribution in [1.29, 1.82) is 0 Å². The second-order valence-corrected chi connectivity index (χ2v) is 5.98. The minimum atomic E-state index is -1.32. The van der Waals surface area contributed by atoms with Crippen LogP contribution in [0.15, 0.2) is 0 Å². The first kappa shape index (κ1) is 25.3. The van der Waals surface area contributed by atoms with Gasteiger partial charge in [0, 0.05) is 26.0 Å². The molecule has 0 bridgehead atoms. The molecule has 0 heterocycles. The van der Waals surface area contributed by atoms with Crippen LogP contribution in [0.1, 0.15) is 46.0 Å². The van der Waals surface area contributed by atoms with Gasteiger partial charge in [-0.05, 0) is 26.2 Å². The molecule has 0 aliphatic carbocycles. The van der Waals surface area contributed by atoms with Gasteiger partial charge in [-0.1, -0.05) is 6.92 Å². The number of rotatable bonds is 15. The number of carboxylic acids is 2. The third-order valence-electron chi connectivity index (χ3n) is 3.60. The van der Waals surface area contributed by atoms with E-state index in [1.54, 1.807) is 6.92 Å². The third kappa shape index (κ3) is 11.8. The van der Waals surface area contributed by atoms with E-state index in [1.165, 1.54) is 0 Å². The number of aliphatic carboxylic acids is 2. The molecule has 11 heteroatoms. The Morgan fingerprint density at radius 2 is 1.32 bits per heavy atom. The van der Waals surface area contributed by atoms with Gasteiger partial charge in [0.25, 0.3) is 0 Å². The second kappa shape index (κ2) is 14.4. The van der Waals surface area contributed by atoms with E-state index in [4.69, 9.17) is 14.9 Å². The van der Waals surface area contributed by atoms with Crippen LogP contribution < -0.4 is 16.0 Å². The number of hydrogen-bond acceptors (Lipinski definition) is 6. The highest BCUT2D eigenvalue weighted by Gasteiger charge is 2.24. The molecule has 28 heavy (non-hydrogen) atoms. The molecule has 0 radical (unpaired) electrons. The van der Waals surface area contributed by atoms with Crippen molar-refractivity contribution in [2.45, 2.75) is 58.0 Å². The summed E-state index contributed by atoms with van der Waals surface area (Å²) in [6, 6.07) is -2.57. The van der Waals surface area contributed by atoms with E-state index < -0.39 is 35.8 Å². The van der Waals surface area contributed by atoms with Gasteiger partial charge in [0.15, 0.2) is 0 Å². The van der Waals surface area contributed by atoms with Crippen molar-refractivity contribution in [3.63, 3.8) is 0 Å². The summed E-state index contributed by atoms with van der Waals surface area (Å²) in [5, 5.41) is 25.4. The quantitative estimate of drug-likeness (QED) is 0.238. The Morgan fingerprint density at radius 3 is 1.79 bits per heavy atom. The Kier molecular flexibility index (Phi) is 13.0. The van der Waals surface area contributed by atoms with Crippen molar-refractivity contribution in [1.82, 2.24) is 16.0 Å². The molecule has 0 aliphatic rings. The second-order valence-electron chi connectivity index (χ2n) is 5.98. The van der Waals surface area contributed by atoms with Crippen molar-refractivity contribution < 1.29 is 38.9 Å². The predicted molar refractivity (Wildman–Crippen MR) is 97.4 cm³/mol. The standard InChI is InChI=1S/C17H29N3O8/c1-3-9-18-13(21)7-5-11(16(24)25)19-14(22)8-6-12(17(26)27)20-15(23)10-28-4-2/h11-12H,3-10H2,1-2H3,(H,18,21)(H,19,22)(H,20,23)(H,24,25)(H,26,27)/t11?,12-/m0/s1. The number of nitrogens with one attached hydrogen (secondary N) is 3. The average Bonchev–Trinajstić information content (AvgIpc) is 2.64. The molecule has 1 unspecified atom stereocenters. The van der Waals surface area contributed by atoms with Gasteiger partial charge in [0.1, 0.15) is 18.7 Å². The van der Waals surface area contributed by atoms with Crippen molar-refractivity contribution in [3.05, 3.63) is 0 Å². The summed E-state index contributed by atoms with van der Waals surface area (Å²) >= 11 is 0. The molecule has 0 spiro atoms. The zero-order chi connectivity index (χ0) is 21.5. The fourth-order valence-corrected chi connectivity index (χ4v) is 2.12. The van der Waals surface area contributed by atoms with Gasteiger partial charge in [0.05, 0.1) is 0 Å². The minimum Gasteiger partial charge on any atom is -0.480 e. The van der Waals surface area contributed by atoms with Crippen LogP contribution in [-0.4, -0.2) is 71.7 Å². The number of ether oxygens (including phenoxy) is 1. The Labute approximate surface area is 163 Å². The lowest BCUT2D eigenvalue weighted by atomic mass is 10.1. The summed E-state index contributed by atoms with van der Waals surface area (Å²) in [6.45, 7) is 4.03. The van der Waals surface area contributed by atoms with Crippen LogP contribution in [0.25, 0.3) is 0 Å². The molecule has 2 atom stereocenters. The first-order valence-corrected chi connectivity index (χ1v) is 9.09. The largest absolute Gasteiger partial charge is 0.480 e. The smallest absolute Gasteiger partial charge is 0.326 e. The molecule has 0 saturated carbocycles. The average molecular weight is 403 g/mol. The number of carbonyl (C=O) groups is 5. The summed E-state index contributed by atoms with van der Waals surface area (Å²) in [4.78, 5) is 57.5. The van der Waals surface area contributed by atoms with Crippen LogP contribution in [0.5, 0.6) is 0 Å². The topological polar surface area (TPSA) is 171 Å². The molecule has 0 aliphatic heterocycles. The highest BCUT2D eigenvalue weighted by atomic mass is 16.5. The van der Waals surface area contributed by atoms with Crippen molar-refractivity contribution in [3.8, 4) is 0 Å². The van der Waals surface area contributed by atoms with Crippen LogP contribution >= 0.6 is 0 Å². The SMILES string of the molecule is CCCNC(=O)CCC(NC(=O)CC[C@H](NC(=O)COCC)C(=O)O)C(=O)O. The molecular weight excluding hydrogens is 374 g/mol. The van der Waals surface area contributed by atoms with Crippen LogP contribution in [0, 0.1) is 0 Å². The zero-order valence-corrected chi connectivity index (χ0v) is 16.2. The molecule has 0 fully saturated rings. The van der Waals surface area contributed by atoms with E-state index in [-0.39, 0.29) is 38.2 Å². The van der Waals surface area contributed by atoms with E-state index in [0.717, 1.165) is 6.42 Å². The monoisotopic (exact) mass is 403 g/mol. The third-order valence-corrected chi connectivity index (χ3v) is 3.60. The first-order chi connectivity index (χ1) is 13.2. The van der Waals surface area contributed by atoms with Gasteiger partial charge >= 0.3 is 11.9 Å². The lowest BCUT2D eigenvalue weighted by molar-refractivity contribution is -0.144. The minimum absolute atomic E-state index is 0.0670.